The molecule has 0 spiro atoms. The summed E-state index contributed by atoms with van der Waals surface area (Å²) in [6.45, 7) is 0.121. The highest BCUT2D eigenvalue weighted by Gasteiger charge is 2.08. The van der Waals surface area contributed by atoms with Crippen LogP contribution in [-0.2, 0) is 6.54 Å². The molecule has 0 heterocycles. The highest BCUT2D eigenvalue weighted by molar-refractivity contribution is 5.51. The minimum atomic E-state index is 0.121. The Morgan fingerprint density at radius 3 is 1.79 bits per heavy atom. The number of ether oxygens (including phenoxy) is 3. The molecule has 0 atom stereocenters. The zero-order valence-electron chi connectivity index (χ0n) is 8.59. The van der Waals surface area contributed by atoms with Gasteiger partial charge in [0.25, 0.3) is 0 Å². The SMILES string of the molecule is COc1cc(OC)c(C[NH-])c(OC)c1. The lowest BCUT2D eigenvalue weighted by Crippen LogP contribution is -1.96. The van der Waals surface area contributed by atoms with Gasteiger partial charge in [-0.1, -0.05) is 0 Å². The Balaban J connectivity index is 3.24. The van der Waals surface area contributed by atoms with Gasteiger partial charge in [-0.15, -0.1) is 6.54 Å². The van der Waals surface area contributed by atoms with Gasteiger partial charge < -0.3 is 19.9 Å². The van der Waals surface area contributed by atoms with Crippen molar-refractivity contribution >= 4 is 0 Å². The maximum Gasteiger partial charge on any atom is 0.127 e. The molecule has 4 nitrogen and oxygen atoms in total. The van der Waals surface area contributed by atoms with Crippen molar-refractivity contribution in [3.05, 3.63) is 23.4 Å². The van der Waals surface area contributed by atoms with Crippen molar-refractivity contribution in [3.8, 4) is 17.2 Å². The molecule has 0 aromatic heterocycles. The van der Waals surface area contributed by atoms with Crippen LogP contribution in [0.4, 0.5) is 0 Å². The first-order valence-electron chi connectivity index (χ1n) is 4.20. The predicted molar refractivity (Wildman–Crippen MR) is 54.1 cm³/mol. The van der Waals surface area contributed by atoms with Crippen LogP contribution in [0.5, 0.6) is 17.2 Å². The normalized spacial score (nSPS) is 9.71. The van der Waals surface area contributed by atoms with Crippen LogP contribution < -0.4 is 14.2 Å². The van der Waals surface area contributed by atoms with E-state index < -0.39 is 0 Å². The Morgan fingerprint density at radius 2 is 1.50 bits per heavy atom. The smallest absolute Gasteiger partial charge is 0.127 e. The molecule has 0 aliphatic carbocycles. The van der Waals surface area contributed by atoms with E-state index in [2.05, 4.69) is 0 Å². The van der Waals surface area contributed by atoms with E-state index in [1.165, 1.54) is 0 Å². The van der Waals surface area contributed by atoms with Gasteiger partial charge in [-0.2, -0.15) is 0 Å². The Labute approximate surface area is 83.6 Å². The first kappa shape index (κ1) is 10.7. The average Bonchev–Trinajstić information content (AvgIpc) is 2.26. The fourth-order valence-corrected chi connectivity index (χ4v) is 1.25. The Hall–Kier alpha value is -1.42. The quantitative estimate of drug-likeness (QED) is 0.742. The molecule has 0 unspecified atom stereocenters. The summed E-state index contributed by atoms with van der Waals surface area (Å²) in [5.41, 5.74) is 8.09. The molecule has 0 amide bonds. The van der Waals surface area contributed by atoms with Crippen LogP contribution in [-0.4, -0.2) is 21.3 Å². The largest absolute Gasteiger partial charge is 0.673 e. The van der Waals surface area contributed by atoms with Crippen LogP contribution in [0.15, 0.2) is 12.1 Å². The van der Waals surface area contributed by atoms with Crippen LogP contribution in [0.25, 0.3) is 5.73 Å². The molecule has 1 N–H and O–H groups in total. The van der Waals surface area contributed by atoms with E-state index in [1.54, 1.807) is 33.5 Å². The zero-order chi connectivity index (χ0) is 10.6. The van der Waals surface area contributed by atoms with Gasteiger partial charge in [-0.3, -0.25) is 0 Å². The zero-order valence-corrected chi connectivity index (χ0v) is 8.59. The number of hydrogen-bond acceptors (Lipinski definition) is 3. The third-order valence-electron chi connectivity index (χ3n) is 1.99. The van der Waals surface area contributed by atoms with Gasteiger partial charge in [0.05, 0.1) is 21.3 Å². The van der Waals surface area contributed by atoms with Crippen LogP contribution in [0, 0.1) is 0 Å². The van der Waals surface area contributed by atoms with Crippen LogP contribution in [0.3, 0.4) is 0 Å². The summed E-state index contributed by atoms with van der Waals surface area (Å²) in [6.07, 6.45) is 0. The molecular formula is C10H14NO3-. The lowest BCUT2D eigenvalue weighted by Gasteiger charge is -2.15. The van der Waals surface area contributed by atoms with E-state index in [0.717, 1.165) is 5.56 Å². The lowest BCUT2D eigenvalue weighted by atomic mass is 10.1. The van der Waals surface area contributed by atoms with E-state index in [0.29, 0.717) is 17.2 Å². The van der Waals surface area contributed by atoms with Gasteiger partial charge >= 0.3 is 0 Å². The van der Waals surface area contributed by atoms with Crippen molar-refractivity contribution in [3.63, 3.8) is 0 Å². The molecule has 1 aromatic carbocycles. The summed E-state index contributed by atoms with van der Waals surface area (Å²) in [5, 5.41) is 0. The maximum atomic E-state index is 7.36. The van der Waals surface area contributed by atoms with Crippen LogP contribution >= 0.6 is 0 Å². The fourth-order valence-electron chi connectivity index (χ4n) is 1.25. The van der Waals surface area contributed by atoms with Gasteiger partial charge in [-0.25, -0.2) is 0 Å². The summed E-state index contributed by atoms with van der Waals surface area (Å²) in [4.78, 5) is 0. The van der Waals surface area contributed by atoms with E-state index in [-0.39, 0.29) is 6.54 Å². The van der Waals surface area contributed by atoms with E-state index >= 15 is 0 Å². The molecule has 0 saturated heterocycles. The molecule has 0 radical (unpaired) electrons. The second-order valence-corrected chi connectivity index (χ2v) is 2.69. The predicted octanol–water partition coefficient (Wildman–Crippen LogP) is 2.26. The van der Waals surface area contributed by atoms with Crippen molar-refractivity contribution in [2.45, 2.75) is 6.54 Å². The summed E-state index contributed by atoms with van der Waals surface area (Å²) in [5.74, 6) is 1.91. The standard InChI is InChI=1S/C10H14NO3/c1-12-7-4-9(13-2)8(6-11)10(5-7)14-3/h4-5,11H,6H2,1-3H3/q-1. The minimum absolute atomic E-state index is 0.121. The maximum absolute atomic E-state index is 7.36. The van der Waals surface area contributed by atoms with Gasteiger partial charge in [0.2, 0.25) is 0 Å². The summed E-state index contributed by atoms with van der Waals surface area (Å²) >= 11 is 0. The Bertz CT molecular complexity index is 287. The first-order valence-corrected chi connectivity index (χ1v) is 4.20. The van der Waals surface area contributed by atoms with Crippen molar-refractivity contribution in [2.75, 3.05) is 21.3 Å². The summed E-state index contributed by atoms with van der Waals surface area (Å²) in [6, 6.07) is 3.48. The highest BCUT2D eigenvalue weighted by Crippen LogP contribution is 2.34. The lowest BCUT2D eigenvalue weighted by molar-refractivity contribution is 0.370. The third-order valence-corrected chi connectivity index (χ3v) is 1.99. The molecule has 1 rings (SSSR count). The summed E-state index contributed by atoms with van der Waals surface area (Å²) < 4.78 is 15.4. The number of benzene rings is 1. The topological polar surface area (TPSA) is 51.5 Å². The number of nitrogens with one attached hydrogen (secondary N) is 1. The fraction of sp³-hybridized carbons (Fsp3) is 0.400. The molecule has 0 aliphatic rings. The van der Waals surface area contributed by atoms with Gasteiger partial charge in [0.15, 0.2) is 0 Å². The molecule has 4 heteroatoms. The number of hydrogen-bond donors (Lipinski definition) is 0. The first-order chi connectivity index (χ1) is 6.76. The second-order valence-electron chi connectivity index (χ2n) is 2.69. The Morgan fingerprint density at radius 1 is 1.00 bits per heavy atom. The molecule has 14 heavy (non-hydrogen) atoms. The van der Waals surface area contributed by atoms with Gasteiger partial charge in [0.1, 0.15) is 17.2 Å². The van der Waals surface area contributed by atoms with Crippen molar-refractivity contribution in [2.24, 2.45) is 0 Å². The number of methoxy groups -OCH3 is 3. The van der Waals surface area contributed by atoms with Gasteiger partial charge in [0, 0.05) is 17.7 Å². The molecule has 0 fully saturated rings. The average molecular weight is 196 g/mol. The molecule has 1 aromatic rings. The van der Waals surface area contributed by atoms with Crippen molar-refractivity contribution < 1.29 is 14.2 Å². The molecule has 78 valence electrons. The number of rotatable bonds is 4. The molecular weight excluding hydrogens is 182 g/mol. The molecule has 0 aliphatic heterocycles. The second kappa shape index (κ2) is 4.72. The van der Waals surface area contributed by atoms with Crippen molar-refractivity contribution in [1.29, 1.82) is 0 Å². The van der Waals surface area contributed by atoms with Crippen LogP contribution in [0.1, 0.15) is 5.56 Å². The molecule has 0 saturated carbocycles. The van der Waals surface area contributed by atoms with E-state index in [4.69, 9.17) is 19.9 Å². The molecule has 0 bridgehead atoms. The van der Waals surface area contributed by atoms with Crippen molar-refractivity contribution in [1.82, 2.24) is 0 Å². The highest BCUT2D eigenvalue weighted by atomic mass is 16.5. The third kappa shape index (κ3) is 1.90. The monoisotopic (exact) mass is 196 g/mol. The minimum Gasteiger partial charge on any atom is -0.673 e. The van der Waals surface area contributed by atoms with Gasteiger partial charge in [-0.05, 0) is 0 Å². The van der Waals surface area contributed by atoms with E-state index in [9.17, 15) is 0 Å². The Kier molecular flexibility index (Phi) is 3.59. The van der Waals surface area contributed by atoms with Crippen LogP contribution in [0.2, 0.25) is 0 Å². The summed E-state index contributed by atoms with van der Waals surface area (Å²) in [7, 11) is 4.70. The van der Waals surface area contributed by atoms with E-state index in [1.807, 2.05) is 0 Å².